The highest BCUT2D eigenvalue weighted by Gasteiger charge is 2.13. The lowest BCUT2D eigenvalue weighted by atomic mass is 9.99. The van der Waals surface area contributed by atoms with Crippen molar-refractivity contribution in [3.8, 4) is 11.5 Å². The molecule has 0 aliphatic heterocycles. The van der Waals surface area contributed by atoms with Crippen molar-refractivity contribution in [1.82, 2.24) is 0 Å². The van der Waals surface area contributed by atoms with E-state index in [9.17, 15) is 8.78 Å². The molecule has 0 saturated carbocycles. The smallest absolute Gasteiger partial charge is 0.198 e. The van der Waals surface area contributed by atoms with Gasteiger partial charge in [-0.2, -0.15) is 0 Å². The zero-order valence-corrected chi connectivity index (χ0v) is 13.6. The summed E-state index contributed by atoms with van der Waals surface area (Å²) < 4.78 is 33.1. The van der Waals surface area contributed by atoms with Crippen LogP contribution in [0.1, 0.15) is 37.3 Å². The lowest BCUT2D eigenvalue weighted by molar-refractivity contribution is 0.406. The molecule has 2 rings (SSSR count). The molecule has 1 atom stereocenters. The molecule has 21 heavy (non-hydrogen) atoms. The van der Waals surface area contributed by atoms with E-state index in [1.54, 1.807) is 12.1 Å². The molecule has 112 valence electrons. The highest BCUT2D eigenvalue weighted by Crippen LogP contribution is 2.30. The Hall–Kier alpha value is -1.42. The van der Waals surface area contributed by atoms with Gasteiger partial charge in [-0.15, -0.1) is 0 Å². The van der Waals surface area contributed by atoms with Gasteiger partial charge in [-0.25, -0.2) is 8.78 Å². The largest absolute Gasteiger partial charge is 0.451 e. The minimum atomic E-state index is -0.699. The first kappa shape index (κ1) is 16.0. The van der Waals surface area contributed by atoms with Crippen molar-refractivity contribution >= 4 is 15.9 Å². The number of benzene rings is 2. The normalized spacial score (nSPS) is 12.2. The average Bonchev–Trinajstić information content (AvgIpc) is 2.50. The van der Waals surface area contributed by atoms with Crippen LogP contribution in [0, 0.1) is 11.6 Å². The van der Waals surface area contributed by atoms with Gasteiger partial charge in [-0.05, 0) is 47.7 Å². The van der Waals surface area contributed by atoms with E-state index in [0.29, 0.717) is 22.6 Å². The van der Waals surface area contributed by atoms with Gasteiger partial charge in [0.05, 0.1) is 0 Å². The van der Waals surface area contributed by atoms with Crippen LogP contribution in [-0.4, -0.2) is 0 Å². The summed E-state index contributed by atoms with van der Waals surface area (Å²) in [5.41, 5.74) is 1.71. The third kappa shape index (κ3) is 3.82. The Kier molecular flexibility index (Phi) is 5.34. The molecule has 0 saturated heterocycles. The summed E-state index contributed by atoms with van der Waals surface area (Å²) in [7, 11) is 0. The molecule has 4 heteroatoms. The molecule has 2 aromatic carbocycles. The van der Waals surface area contributed by atoms with Gasteiger partial charge in [0.1, 0.15) is 5.75 Å². The second-order valence-corrected chi connectivity index (χ2v) is 5.56. The third-order valence-corrected chi connectivity index (χ3v) is 4.14. The van der Waals surface area contributed by atoms with Crippen LogP contribution in [0.5, 0.6) is 11.5 Å². The fourth-order valence-corrected chi connectivity index (χ4v) is 2.33. The fourth-order valence-electron chi connectivity index (χ4n) is 2.00. The van der Waals surface area contributed by atoms with Gasteiger partial charge in [0.25, 0.3) is 0 Å². The molecule has 0 heterocycles. The summed E-state index contributed by atoms with van der Waals surface area (Å²) in [6.07, 6.45) is 1.04. The van der Waals surface area contributed by atoms with Crippen molar-refractivity contribution in [2.45, 2.75) is 31.5 Å². The maximum atomic E-state index is 13.9. The topological polar surface area (TPSA) is 9.23 Å². The molecular weight excluding hydrogens is 338 g/mol. The average molecular weight is 355 g/mol. The van der Waals surface area contributed by atoms with Gasteiger partial charge in [0.15, 0.2) is 17.4 Å². The van der Waals surface area contributed by atoms with E-state index in [-0.39, 0.29) is 5.75 Å². The predicted octanol–water partition coefficient (Wildman–Crippen LogP) is 6.17. The van der Waals surface area contributed by atoms with Crippen molar-refractivity contribution in [2.75, 3.05) is 0 Å². The highest BCUT2D eigenvalue weighted by molar-refractivity contribution is 9.08. The van der Waals surface area contributed by atoms with E-state index in [4.69, 9.17) is 4.74 Å². The molecule has 0 aliphatic rings. The summed E-state index contributed by atoms with van der Waals surface area (Å²) in [6, 6.07) is 9.84. The molecule has 0 amide bonds. The van der Waals surface area contributed by atoms with Crippen molar-refractivity contribution in [3.05, 3.63) is 59.2 Å². The molecule has 0 bridgehead atoms. The molecule has 0 N–H and O–H groups in total. The lowest BCUT2D eigenvalue weighted by Crippen LogP contribution is -1.96. The van der Waals surface area contributed by atoms with Crippen LogP contribution in [0.4, 0.5) is 8.78 Å². The number of hydrogen-bond acceptors (Lipinski definition) is 1. The SMILES string of the molecule is CCC(C)c1ccc(Oc2c(F)cc(CBr)cc2F)cc1. The Morgan fingerprint density at radius 1 is 1.10 bits per heavy atom. The first-order valence-electron chi connectivity index (χ1n) is 6.86. The van der Waals surface area contributed by atoms with Crippen molar-refractivity contribution in [2.24, 2.45) is 0 Å². The van der Waals surface area contributed by atoms with Gasteiger partial charge in [-0.1, -0.05) is 41.9 Å². The molecule has 2 aromatic rings. The molecule has 0 aromatic heterocycles. The number of rotatable bonds is 5. The van der Waals surface area contributed by atoms with E-state index in [2.05, 4.69) is 29.8 Å². The van der Waals surface area contributed by atoms with E-state index in [1.807, 2.05) is 12.1 Å². The quantitative estimate of drug-likeness (QED) is 0.583. The Bertz CT molecular complexity index is 588. The number of ether oxygens (including phenoxy) is 1. The summed E-state index contributed by atoms with van der Waals surface area (Å²) in [5.74, 6) is -0.890. The summed E-state index contributed by atoms with van der Waals surface area (Å²) >= 11 is 3.17. The maximum absolute atomic E-state index is 13.9. The fraction of sp³-hybridized carbons (Fsp3) is 0.294. The molecule has 1 nitrogen and oxygen atoms in total. The zero-order chi connectivity index (χ0) is 15.4. The van der Waals surface area contributed by atoms with Crippen LogP contribution in [0.15, 0.2) is 36.4 Å². The van der Waals surface area contributed by atoms with Gasteiger partial charge in [0, 0.05) is 5.33 Å². The molecule has 0 spiro atoms. The van der Waals surface area contributed by atoms with Crippen LogP contribution in [0.25, 0.3) is 0 Å². The van der Waals surface area contributed by atoms with Gasteiger partial charge >= 0.3 is 0 Å². The number of halogens is 3. The van der Waals surface area contributed by atoms with Crippen LogP contribution < -0.4 is 4.74 Å². The van der Waals surface area contributed by atoms with Gasteiger partial charge in [0.2, 0.25) is 0 Å². The van der Waals surface area contributed by atoms with E-state index in [0.717, 1.165) is 6.42 Å². The summed E-state index contributed by atoms with van der Waals surface area (Å²) in [5, 5.41) is 0.394. The van der Waals surface area contributed by atoms with Crippen molar-refractivity contribution < 1.29 is 13.5 Å². The van der Waals surface area contributed by atoms with E-state index in [1.165, 1.54) is 17.7 Å². The molecule has 1 unspecified atom stereocenters. The Labute approximate surface area is 132 Å². The first-order chi connectivity index (χ1) is 10.0. The van der Waals surface area contributed by atoms with Crippen LogP contribution in [0.3, 0.4) is 0 Å². The molecule has 0 fully saturated rings. The minimum Gasteiger partial charge on any atom is -0.451 e. The summed E-state index contributed by atoms with van der Waals surface area (Å²) in [6.45, 7) is 4.25. The maximum Gasteiger partial charge on any atom is 0.198 e. The standard InChI is InChI=1S/C17H17BrF2O/c1-3-11(2)13-4-6-14(7-5-13)21-17-15(19)8-12(10-18)9-16(17)20/h4-9,11H,3,10H2,1-2H3. The Morgan fingerprint density at radius 3 is 2.14 bits per heavy atom. The van der Waals surface area contributed by atoms with E-state index < -0.39 is 11.6 Å². The summed E-state index contributed by atoms with van der Waals surface area (Å²) in [4.78, 5) is 0. The minimum absolute atomic E-state index is 0.365. The van der Waals surface area contributed by atoms with E-state index >= 15 is 0 Å². The van der Waals surface area contributed by atoms with Crippen molar-refractivity contribution in [3.63, 3.8) is 0 Å². The van der Waals surface area contributed by atoms with Crippen molar-refractivity contribution in [1.29, 1.82) is 0 Å². The third-order valence-electron chi connectivity index (χ3n) is 3.49. The monoisotopic (exact) mass is 354 g/mol. The zero-order valence-electron chi connectivity index (χ0n) is 12.0. The Balaban J connectivity index is 2.22. The highest BCUT2D eigenvalue weighted by atomic mass is 79.9. The molecule has 0 aliphatic carbocycles. The number of hydrogen-bond donors (Lipinski definition) is 0. The first-order valence-corrected chi connectivity index (χ1v) is 7.99. The lowest BCUT2D eigenvalue weighted by Gasteiger charge is -2.12. The molecular formula is C17H17BrF2O. The predicted molar refractivity (Wildman–Crippen MR) is 84.2 cm³/mol. The van der Waals surface area contributed by atoms with Crippen LogP contribution in [0.2, 0.25) is 0 Å². The van der Waals surface area contributed by atoms with Gasteiger partial charge in [-0.3, -0.25) is 0 Å². The molecule has 0 radical (unpaired) electrons. The van der Waals surface area contributed by atoms with Gasteiger partial charge < -0.3 is 4.74 Å². The van der Waals surface area contributed by atoms with Crippen LogP contribution in [-0.2, 0) is 5.33 Å². The van der Waals surface area contributed by atoms with Crippen LogP contribution >= 0.6 is 15.9 Å². The second kappa shape index (κ2) is 7.03. The number of alkyl halides is 1. The Morgan fingerprint density at radius 2 is 1.67 bits per heavy atom. The second-order valence-electron chi connectivity index (χ2n) is 5.00.